The van der Waals surface area contributed by atoms with E-state index < -0.39 is 0 Å². The van der Waals surface area contributed by atoms with Gasteiger partial charge in [0.25, 0.3) is 0 Å². The molecule has 0 radical (unpaired) electrons. The quantitative estimate of drug-likeness (QED) is 0.642. The zero-order valence-corrected chi connectivity index (χ0v) is 10.4. The Morgan fingerprint density at radius 3 is 1.55 bits per heavy atom. The Morgan fingerprint density at radius 1 is 1.00 bits per heavy atom. The van der Waals surface area contributed by atoms with E-state index >= 15 is 0 Å². The monoisotopic (exact) mass is 327 g/mol. The molecule has 0 fully saturated rings. The Bertz CT molecular complexity index is 228. The first-order valence-corrected chi connectivity index (χ1v) is 5.20. The van der Waals surface area contributed by atoms with Gasteiger partial charge in [-0.1, -0.05) is 0 Å². The summed E-state index contributed by atoms with van der Waals surface area (Å²) in [6.45, 7) is 11.3. The molecule has 0 aromatic rings. The Hall–Kier alpha value is 0.116. The van der Waals surface area contributed by atoms with Crippen molar-refractivity contribution >= 4 is 0 Å². The second-order valence-corrected chi connectivity index (χ2v) is 5.07. The predicted octanol–water partition coefficient (Wildman–Crippen LogP) is 3.18. The van der Waals surface area contributed by atoms with Gasteiger partial charge in [0, 0.05) is 0 Å². The average Bonchev–Trinajstić information content (AvgIpc) is 2.06. The van der Waals surface area contributed by atoms with Crippen molar-refractivity contribution < 1.29 is 18.6 Å². The summed E-state index contributed by atoms with van der Waals surface area (Å²) < 4.78 is 1.56. The van der Waals surface area contributed by atoms with Crippen LogP contribution in [-0.2, 0) is 18.6 Å². The van der Waals surface area contributed by atoms with Gasteiger partial charge in [0.1, 0.15) is 0 Å². The Labute approximate surface area is 79.7 Å². The maximum atomic E-state index is 2.31. The van der Waals surface area contributed by atoms with Gasteiger partial charge in [0.2, 0.25) is 0 Å². The van der Waals surface area contributed by atoms with Crippen molar-refractivity contribution in [2.45, 2.75) is 34.6 Å². The van der Waals surface area contributed by atoms with Gasteiger partial charge in [-0.2, -0.15) is 0 Å². The summed E-state index contributed by atoms with van der Waals surface area (Å²) in [5.41, 5.74) is 4.87. The molecule has 0 spiro atoms. The summed E-state index contributed by atoms with van der Waals surface area (Å²) in [6.07, 6.45) is 0. The molecule has 11 heavy (non-hydrogen) atoms. The third kappa shape index (κ3) is 1.15. The van der Waals surface area contributed by atoms with Crippen LogP contribution in [0.4, 0.5) is 0 Å². The van der Waals surface area contributed by atoms with Crippen LogP contribution in [0.15, 0.2) is 20.8 Å². The van der Waals surface area contributed by atoms with E-state index in [9.17, 15) is 0 Å². The van der Waals surface area contributed by atoms with E-state index in [-0.39, 0.29) is 0 Å². The van der Waals surface area contributed by atoms with Crippen molar-refractivity contribution in [1.29, 1.82) is 0 Å². The Kier molecular flexibility index (Phi) is 2.14. The molecule has 0 nitrogen and oxygen atoms in total. The van der Waals surface area contributed by atoms with Gasteiger partial charge in [-0.05, 0) is 0 Å². The molecule has 0 aromatic carbocycles. The molecule has 0 aliphatic heterocycles. The van der Waals surface area contributed by atoms with Gasteiger partial charge in [-0.3, -0.25) is 0 Å². The van der Waals surface area contributed by atoms with Crippen LogP contribution in [0.2, 0.25) is 0 Å². The maximum absolute atomic E-state index is 2.31. The van der Waals surface area contributed by atoms with E-state index in [2.05, 4.69) is 34.6 Å². The van der Waals surface area contributed by atoms with E-state index in [1.807, 2.05) is 18.6 Å². The SMILES string of the molecule is CC1=C(C)C(C)(C)[C]([Os])=C1C. The summed E-state index contributed by atoms with van der Waals surface area (Å²) in [5.74, 6) is 0. The molecule has 0 aromatic heterocycles. The molecule has 63 valence electrons. The van der Waals surface area contributed by atoms with Crippen LogP contribution in [0.1, 0.15) is 34.6 Å². The van der Waals surface area contributed by atoms with Crippen molar-refractivity contribution in [2.24, 2.45) is 5.41 Å². The van der Waals surface area contributed by atoms with E-state index in [1.165, 1.54) is 11.1 Å². The van der Waals surface area contributed by atoms with Crippen molar-refractivity contribution in [3.05, 3.63) is 20.8 Å². The number of hydrogen-bond acceptors (Lipinski definition) is 0. The van der Waals surface area contributed by atoms with Crippen LogP contribution in [0.5, 0.6) is 0 Å². The van der Waals surface area contributed by atoms with Gasteiger partial charge in [-0.15, -0.1) is 0 Å². The molecular formula is C10H15Os. The summed E-state index contributed by atoms with van der Waals surface area (Å²) in [5, 5.41) is 0. The fraction of sp³-hybridized carbons (Fsp3) is 0.600. The number of allylic oxidation sites excluding steroid dienone is 4. The van der Waals surface area contributed by atoms with E-state index in [1.54, 1.807) is 9.70 Å². The van der Waals surface area contributed by atoms with Crippen LogP contribution in [-0.4, -0.2) is 0 Å². The minimum absolute atomic E-state index is 0.326. The first-order valence-electron chi connectivity index (χ1n) is 3.93. The fourth-order valence-corrected chi connectivity index (χ4v) is 2.49. The topological polar surface area (TPSA) is 0 Å². The van der Waals surface area contributed by atoms with Crippen LogP contribution in [0.3, 0.4) is 0 Å². The van der Waals surface area contributed by atoms with E-state index in [4.69, 9.17) is 0 Å². The summed E-state index contributed by atoms with van der Waals surface area (Å²) >= 11 is 2.04. The first kappa shape index (κ1) is 9.21. The van der Waals surface area contributed by atoms with E-state index in [0.29, 0.717) is 5.41 Å². The molecule has 0 bridgehead atoms. The molecular weight excluding hydrogens is 310 g/mol. The number of rotatable bonds is 0. The van der Waals surface area contributed by atoms with Gasteiger partial charge < -0.3 is 0 Å². The van der Waals surface area contributed by atoms with Crippen molar-refractivity contribution in [3.8, 4) is 0 Å². The summed E-state index contributed by atoms with van der Waals surface area (Å²) in [6, 6.07) is 0. The Morgan fingerprint density at radius 2 is 1.45 bits per heavy atom. The van der Waals surface area contributed by atoms with Gasteiger partial charge in [0.05, 0.1) is 0 Å². The molecule has 0 atom stereocenters. The van der Waals surface area contributed by atoms with Crippen LogP contribution >= 0.6 is 0 Å². The molecule has 1 aliphatic carbocycles. The van der Waals surface area contributed by atoms with Crippen LogP contribution in [0.25, 0.3) is 0 Å². The van der Waals surface area contributed by atoms with Crippen molar-refractivity contribution in [3.63, 3.8) is 0 Å². The molecule has 0 N–H and O–H groups in total. The third-order valence-corrected chi connectivity index (χ3v) is 5.46. The fourth-order valence-electron chi connectivity index (χ4n) is 1.54. The second kappa shape index (κ2) is 2.56. The molecule has 0 saturated carbocycles. The van der Waals surface area contributed by atoms with E-state index in [0.717, 1.165) is 0 Å². The van der Waals surface area contributed by atoms with Crippen molar-refractivity contribution in [1.82, 2.24) is 0 Å². The van der Waals surface area contributed by atoms with Gasteiger partial charge >= 0.3 is 79.5 Å². The molecule has 0 unspecified atom stereocenters. The molecule has 0 amide bonds. The van der Waals surface area contributed by atoms with Crippen molar-refractivity contribution in [2.75, 3.05) is 0 Å². The molecule has 0 saturated heterocycles. The molecule has 1 rings (SSSR count). The van der Waals surface area contributed by atoms with Crippen LogP contribution < -0.4 is 0 Å². The molecule has 1 aliphatic rings. The third-order valence-electron chi connectivity index (χ3n) is 2.92. The minimum atomic E-state index is 0.326. The van der Waals surface area contributed by atoms with Gasteiger partial charge in [-0.25, -0.2) is 0 Å². The zero-order chi connectivity index (χ0) is 8.81. The average molecular weight is 325 g/mol. The molecule has 1 heteroatoms. The van der Waals surface area contributed by atoms with Crippen LogP contribution in [0, 0.1) is 5.41 Å². The standard InChI is InChI=1S/C10H15.Os/c1-7-6-10(4,5)9(3)8(7)2;/h1-5H3;. The van der Waals surface area contributed by atoms with Gasteiger partial charge in [0.15, 0.2) is 0 Å². The number of hydrogen-bond donors (Lipinski definition) is 0. The predicted molar refractivity (Wildman–Crippen MR) is 44.9 cm³/mol. The Balaban J connectivity index is 3.27. The summed E-state index contributed by atoms with van der Waals surface area (Å²) in [4.78, 5) is 0. The first-order chi connectivity index (χ1) is 4.89. The zero-order valence-electron chi connectivity index (χ0n) is 7.85. The normalized spacial score (nSPS) is 23.5. The second-order valence-electron chi connectivity index (χ2n) is 3.80. The summed E-state index contributed by atoms with van der Waals surface area (Å²) in [7, 11) is 0. The molecule has 0 heterocycles.